The molecule has 1 aliphatic carbocycles. The fourth-order valence-electron chi connectivity index (χ4n) is 2.64. The van der Waals surface area contributed by atoms with E-state index in [-0.39, 0.29) is 0 Å². The summed E-state index contributed by atoms with van der Waals surface area (Å²) in [6.07, 6.45) is 1.27. The fourth-order valence-corrected chi connectivity index (χ4v) is 3.21. The molecular weight excluding hydrogens is 306 g/mol. The minimum atomic E-state index is 0.335. The van der Waals surface area contributed by atoms with E-state index in [0.29, 0.717) is 12.7 Å². The Morgan fingerprint density at radius 2 is 2.21 bits per heavy atom. The van der Waals surface area contributed by atoms with Crippen LogP contribution in [0.15, 0.2) is 16.6 Å². The average Bonchev–Trinajstić information content (AvgIpc) is 2.96. The molecule has 0 spiro atoms. The summed E-state index contributed by atoms with van der Waals surface area (Å²) in [6.45, 7) is 7.04. The van der Waals surface area contributed by atoms with E-state index in [1.807, 2.05) is 0 Å². The van der Waals surface area contributed by atoms with E-state index in [1.165, 1.54) is 12.0 Å². The summed E-state index contributed by atoms with van der Waals surface area (Å²) < 4.78 is 11.9. The zero-order valence-electron chi connectivity index (χ0n) is 11.4. The van der Waals surface area contributed by atoms with Crippen LogP contribution in [0.25, 0.3) is 0 Å². The summed E-state index contributed by atoms with van der Waals surface area (Å²) in [4.78, 5) is 0. The fraction of sp³-hybridized carbons (Fsp3) is 0.600. The van der Waals surface area contributed by atoms with E-state index in [9.17, 15) is 0 Å². The lowest BCUT2D eigenvalue weighted by molar-refractivity contribution is 0.173. The lowest BCUT2D eigenvalue weighted by atomic mass is 10.1. The molecule has 2 unspecified atom stereocenters. The van der Waals surface area contributed by atoms with E-state index in [4.69, 9.17) is 9.47 Å². The molecule has 1 heterocycles. The molecule has 1 N–H and O–H groups in total. The second kappa shape index (κ2) is 5.33. The van der Waals surface area contributed by atoms with Gasteiger partial charge in [0.15, 0.2) is 11.5 Å². The number of halogens is 1. The Bertz CT molecular complexity index is 475. The zero-order valence-corrected chi connectivity index (χ0v) is 13.0. The highest BCUT2D eigenvalue weighted by Crippen LogP contribution is 2.51. The molecule has 0 saturated heterocycles. The van der Waals surface area contributed by atoms with Crippen molar-refractivity contribution in [2.45, 2.75) is 26.2 Å². The van der Waals surface area contributed by atoms with Gasteiger partial charge in [0.2, 0.25) is 6.79 Å². The monoisotopic (exact) mass is 325 g/mol. The Labute approximate surface area is 122 Å². The molecule has 3 rings (SSSR count). The second-order valence-corrected chi connectivity index (χ2v) is 6.75. The third kappa shape index (κ3) is 2.90. The Balaban J connectivity index is 1.61. The predicted octanol–water partition coefficient (Wildman–Crippen LogP) is 3.53. The maximum absolute atomic E-state index is 5.48. The minimum absolute atomic E-state index is 0.335. The summed E-state index contributed by atoms with van der Waals surface area (Å²) in [6, 6.07) is 4.32. The van der Waals surface area contributed by atoms with Crippen LogP contribution in [0.2, 0.25) is 0 Å². The van der Waals surface area contributed by atoms with E-state index in [2.05, 4.69) is 47.2 Å². The number of benzene rings is 1. The van der Waals surface area contributed by atoms with Crippen LogP contribution in [0.1, 0.15) is 31.7 Å². The Morgan fingerprint density at radius 1 is 1.37 bits per heavy atom. The van der Waals surface area contributed by atoms with Gasteiger partial charge in [0.05, 0.1) is 4.47 Å². The molecule has 1 saturated carbocycles. The summed E-state index contributed by atoms with van der Waals surface area (Å²) >= 11 is 3.57. The van der Waals surface area contributed by atoms with Crippen LogP contribution in [-0.4, -0.2) is 19.9 Å². The average molecular weight is 326 g/mol. The maximum Gasteiger partial charge on any atom is 0.231 e. The third-order valence-electron chi connectivity index (χ3n) is 3.76. The number of nitrogens with one attached hydrogen (secondary N) is 1. The summed E-state index contributed by atoms with van der Waals surface area (Å²) in [5, 5.41) is 3.55. The largest absolute Gasteiger partial charge is 0.454 e. The van der Waals surface area contributed by atoms with Crippen LogP contribution >= 0.6 is 15.9 Å². The van der Waals surface area contributed by atoms with E-state index < -0.39 is 0 Å². The van der Waals surface area contributed by atoms with Gasteiger partial charge >= 0.3 is 0 Å². The number of hydrogen-bond acceptors (Lipinski definition) is 3. The quantitative estimate of drug-likeness (QED) is 0.898. The lowest BCUT2D eigenvalue weighted by Crippen LogP contribution is -2.22. The van der Waals surface area contributed by atoms with Crippen molar-refractivity contribution < 1.29 is 9.47 Å². The van der Waals surface area contributed by atoms with Crippen molar-refractivity contribution in [3.8, 4) is 11.5 Å². The van der Waals surface area contributed by atoms with Gasteiger partial charge in [-0.05, 0) is 70.9 Å². The Morgan fingerprint density at radius 3 is 3.00 bits per heavy atom. The van der Waals surface area contributed by atoms with Gasteiger partial charge in [0.1, 0.15) is 0 Å². The van der Waals surface area contributed by atoms with E-state index >= 15 is 0 Å². The number of hydrogen-bond donors (Lipinski definition) is 1. The van der Waals surface area contributed by atoms with Crippen LogP contribution in [0.4, 0.5) is 0 Å². The molecule has 0 radical (unpaired) electrons. The van der Waals surface area contributed by atoms with Gasteiger partial charge in [0, 0.05) is 0 Å². The molecule has 0 bridgehead atoms. The van der Waals surface area contributed by atoms with E-state index in [0.717, 1.165) is 40.9 Å². The normalized spacial score (nSPS) is 24.0. The van der Waals surface area contributed by atoms with E-state index in [1.54, 1.807) is 0 Å². The van der Waals surface area contributed by atoms with Crippen LogP contribution in [0, 0.1) is 11.8 Å². The molecule has 0 amide bonds. The topological polar surface area (TPSA) is 30.5 Å². The molecule has 19 heavy (non-hydrogen) atoms. The van der Waals surface area contributed by atoms with Crippen LogP contribution in [-0.2, 0) is 0 Å². The van der Waals surface area contributed by atoms with Gasteiger partial charge in [-0.25, -0.2) is 0 Å². The first-order valence-electron chi connectivity index (χ1n) is 6.95. The molecule has 3 nitrogen and oxygen atoms in total. The highest BCUT2D eigenvalue weighted by molar-refractivity contribution is 9.10. The molecule has 1 aromatic carbocycles. The second-order valence-electron chi connectivity index (χ2n) is 5.89. The van der Waals surface area contributed by atoms with Gasteiger partial charge < -0.3 is 14.8 Å². The summed E-state index contributed by atoms with van der Waals surface area (Å²) in [5.74, 6) is 3.89. The summed E-state index contributed by atoms with van der Waals surface area (Å²) in [7, 11) is 0. The van der Waals surface area contributed by atoms with Crippen LogP contribution in [0.5, 0.6) is 11.5 Å². The van der Waals surface area contributed by atoms with Crippen molar-refractivity contribution in [1.82, 2.24) is 5.32 Å². The minimum Gasteiger partial charge on any atom is -0.454 e. The highest BCUT2D eigenvalue weighted by Gasteiger charge is 2.38. The molecule has 1 aliphatic heterocycles. The van der Waals surface area contributed by atoms with Gasteiger partial charge in [-0.2, -0.15) is 0 Å². The molecule has 0 aromatic heterocycles. The molecule has 2 aliphatic rings. The van der Waals surface area contributed by atoms with Crippen molar-refractivity contribution in [2.24, 2.45) is 11.8 Å². The van der Waals surface area contributed by atoms with Crippen molar-refractivity contribution in [3.05, 3.63) is 22.2 Å². The molecule has 2 atom stereocenters. The number of rotatable bonds is 5. The van der Waals surface area contributed by atoms with Crippen LogP contribution < -0.4 is 14.8 Å². The maximum atomic E-state index is 5.48. The first-order valence-corrected chi connectivity index (χ1v) is 7.74. The van der Waals surface area contributed by atoms with Crippen molar-refractivity contribution in [3.63, 3.8) is 0 Å². The molecule has 1 aromatic rings. The molecule has 104 valence electrons. The number of ether oxygens (including phenoxy) is 2. The number of fused-ring (bicyclic) bond motifs is 1. The van der Waals surface area contributed by atoms with Crippen molar-refractivity contribution >= 4 is 15.9 Å². The third-order valence-corrected chi connectivity index (χ3v) is 4.35. The van der Waals surface area contributed by atoms with Gasteiger partial charge in [-0.3, -0.25) is 0 Å². The SMILES string of the molecule is CC(C)CNCC1CC1c1cc(Br)c2c(c1)OCO2. The Kier molecular flexibility index (Phi) is 3.72. The predicted molar refractivity (Wildman–Crippen MR) is 78.8 cm³/mol. The van der Waals surface area contributed by atoms with Gasteiger partial charge in [-0.1, -0.05) is 13.8 Å². The van der Waals surface area contributed by atoms with Crippen molar-refractivity contribution in [2.75, 3.05) is 19.9 Å². The van der Waals surface area contributed by atoms with Crippen LogP contribution in [0.3, 0.4) is 0 Å². The first kappa shape index (κ1) is 13.3. The Hall–Kier alpha value is -0.740. The summed E-state index contributed by atoms with van der Waals surface area (Å²) in [5.41, 5.74) is 1.37. The molecular formula is C15H20BrNO2. The lowest BCUT2D eigenvalue weighted by Gasteiger charge is -2.08. The standard InChI is InChI=1S/C15H20BrNO2/c1-9(2)6-17-7-11-3-12(11)10-4-13(16)15-14(5-10)18-8-19-15/h4-5,9,11-12,17H,3,6-8H2,1-2H3. The van der Waals surface area contributed by atoms with Gasteiger partial charge in [0.25, 0.3) is 0 Å². The van der Waals surface area contributed by atoms with Gasteiger partial charge in [-0.15, -0.1) is 0 Å². The molecule has 4 heteroatoms. The smallest absolute Gasteiger partial charge is 0.231 e. The first-order chi connectivity index (χ1) is 9.15. The zero-order chi connectivity index (χ0) is 13.4. The van der Waals surface area contributed by atoms with Crippen molar-refractivity contribution in [1.29, 1.82) is 0 Å². The highest BCUT2D eigenvalue weighted by atomic mass is 79.9. The molecule has 1 fully saturated rings.